The molecule has 1 unspecified atom stereocenters. The molecule has 1 aromatic rings. The van der Waals surface area contributed by atoms with Gasteiger partial charge in [0.2, 0.25) is 0 Å². The first-order chi connectivity index (χ1) is 8.76. The van der Waals surface area contributed by atoms with Crippen LogP contribution in [0.3, 0.4) is 0 Å². The Kier molecular flexibility index (Phi) is 2.86. The van der Waals surface area contributed by atoms with Gasteiger partial charge in [-0.3, -0.25) is 4.90 Å². The molecule has 1 saturated heterocycles. The van der Waals surface area contributed by atoms with E-state index in [0.717, 1.165) is 23.4 Å². The van der Waals surface area contributed by atoms with E-state index in [1.807, 2.05) is 18.2 Å². The van der Waals surface area contributed by atoms with Gasteiger partial charge in [-0.1, -0.05) is 6.07 Å². The fourth-order valence-electron chi connectivity index (χ4n) is 2.75. The highest BCUT2D eigenvalue weighted by Crippen LogP contribution is 2.49. The van der Waals surface area contributed by atoms with E-state index < -0.39 is 0 Å². The summed E-state index contributed by atoms with van der Waals surface area (Å²) in [5, 5.41) is 0.354. The van der Waals surface area contributed by atoms with E-state index in [9.17, 15) is 4.79 Å². The molecule has 5 heteroatoms. The first-order valence-corrected chi connectivity index (χ1v) is 7.20. The third kappa shape index (κ3) is 1.57. The molecule has 96 valence electrons. The summed E-state index contributed by atoms with van der Waals surface area (Å²) in [7, 11) is 1.67. The molecule has 0 N–H and O–H groups in total. The minimum Gasteiger partial charge on any atom is -0.496 e. The summed E-state index contributed by atoms with van der Waals surface area (Å²) in [5.41, 5.74) is 2.05. The Hall–Kier alpha value is -1.36. The number of fused-ring (bicyclic) bond motifs is 3. The minimum absolute atomic E-state index is 0.162. The molecule has 0 spiro atoms. The summed E-state index contributed by atoms with van der Waals surface area (Å²) in [6.07, 6.45) is 2.77. The Labute approximate surface area is 110 Å². The number of hydrogen-bond acceptors (Lipinski definition) is 4. The van der Waals surface area contributed by atoms with Crippen LogP contribution in [0.2, 0.25) is 0 Å². The van der Waals surface area contributed by atoms with Gasteiger partial charge in [-0.05, 0) is 24.8 Å². The Morgan fingerprint density at radius 1 is 1.50 bits per heavy atom. The Balaban J connectivity index is 2.15. The van der Waals surface area contributed by atoms with Crippen molar-refractivity contribution in [2.45, 2.75) is 17.7 Å². The van der Waals surface area contributed by atoms with Crippen LogP contribution in [0, 0.1) is 0 Å². The van der Waals surface area contributed by atoms with Gasteiger partial charge in [-0.25, -0.2) is 4.79 Å². The second-order valence-electron chi connectivity index (χ2n) is 4.45. The summed E-state index contributed by atoms with van der Waals surface area (Å²) >= 11 is 1.79. The zero-order valence-corrected chi connectivity index (χ0v) is 11.2. The van der Waals surface area contributed by atoms with E-state index >= 15 is 0 Å². The molecule has 1 aromatic carbocycles. The highest BCUT2D eigenvalue weighted by Gasteiger charge is 2.42. The standard InChI is InChI=1S/C13H15NO3S/c1-16-10-5-3-4-9-12(10)11(18-2)6-8-7-17-13(15)14(8)9/h3-5,8,11H,6-7H2,1-2H3/t8-,11?/m0/s1. The number of hydrogen-bond donors (Lipinski definition) is 0. The molecule has 0 bridgehead atoms. The summed E-state index contributed by atoms with van der Waals surface area (Å²) < 4.78 is 10.6. The highest BCUT2D eigenvalue weighted by atomic mass is 32.2. The number of carbonyl (C=O) groups is 1. The normalized spacial score (nSPS) is 25.4. The molecule has 2 aliphatic heterocycles. The molecule has 4 nitrogen and oxygen atoms in total. The molecule has 0 radical (unpaired) electrons. The van der Waals surface area contributed by atoms with E-state index in [0.29, 0.717) is 11.9 Å². The van der Waals surface area contributed by atoms with Crippen molar-refractivity contribution in [2.24, 2.45) is 0 Å². The van der Waals surface area contributed by atoms with Crippen LogP contribution >= 0.6 is 11.8 Å². The van der Waals surface area contributed by atoms with Gasteiger partial charge in [0.15, 0.2) is 0 Å². The van der Waals surface area contributed by atoms with Crippen molar-refractivity contribution in [3.63, 3.8) is 0 Å². The van der Waals surface area contributed by atoms with Gasteiger partial charge in [-0.15, -0.1) is 0 Å². The second kappa shape index (κ2) is 4.39. The summed E-state index contributed by atoms with van der Waals surface area (Å²) in [5.74, 6) is 0.852. The van der Waals surface area contributed by atoms with Gasteiger partial charge in [0.05, 0.1) is 18.8 Å². The number of thioether (sulfide) groups is 1. The van der Waals surface area contributed by atoms with Crippen LogP contribution in [-0.4, -0.2) is 32.1 Å². The molecule has 0 aliphatic carbocycles. The number of ether oxygens (including phenoxy) is 2. The lowest BCUT2D eigenvalue weighted by molar-refractivity contribution is 0.178. The number of cyclic esters (lactones) is 1. The maximum Gasteiger partial charge on any atom is 0.414 e. The van der Waals surface area contributed by atoms with E-state index in [-0.39, 0.29) is 12.1 Å². The van der Waals surface area contributed by atoms with E-state index in [4.69, 9.17) is 9.47 Å². The lowest BCUT2D eigenvalue weighted by Crippen LogP contribution is -2.38. The number of nitrogens with zero attached hydrogens (tertiary/aromatic N) is 1. The molecule has 1 fully saturated rings. The Morgan fingerprint density at radius 3 is 3.06 bits per heavy atom. The molecule has 2 heterocycles. The fourth-order valence-corrected chi connectivity index (χ4v) is 3.64. The zero-order valence-electron chi connectivity index (χ0n) is 10.4. The first-order valence-electron chi connectivity index (χ1n) is 5.92. The molecule has 1 amide bonds. The molecular weight excluding hydrogens is 250 g/mol. The lowest BCUT2D eigenvalue weighted by atomic mass is 9.95. The first kappa shape index (κ1) is 11.7. The largest absolute Gasteiger partial charge is 0.496 e. The molecule has 0 saturated carbocycles. The van der Waals surface area contributed by atoms with E-state index in [1.54, 1.807) is 23.8 Å². The molecular formula is C13H15NO3S. The smallest absolute Gasteiger partial charge is 0.414 e. The number of anilines is 1. The Bertz CT molecular complexity index is 491. The minimum atomic E-state index is -0.242. The SMILES string of the molecule is COc1cccc2c1C(SC)C[C@H]1COC(=O)N21. The average Bonchev–Trinajstić information content (AvgIpc) is 2.78. The van der Waals surface area contributed by atoms with Crippen molar-refractivity contribution in [1.82, 2.24) is 0 Å². The topological polar surface area (TPSA) is 38.8 Å². The van der Waals surface area contributed by atoms with Crippen LogP contribution in [0.4, 0.5) is 10.5 Å². The number of methoxy groups -OCH3 is 1. The van der Waals surface area contributed by atoms with Gasteiger partial charge in [0.1, 0.15) is 12.4 Å². The summed E-state index contributed by atoms with van der Waals surface area (Å²) in [6.45, 7) is 0.493. The number of benzene rings is 1. The van der Waals surface area contributed by atoms with Crippen molar-refractivity contribution in [1.29, 1.82) is 0 Å². The van der Waals surface area contributed by atoms with Gasteiger partial charge >= 0.3 is 6.09 Å². The van der Waals surface area contributed by atoms with Crippen LogP contribution in [-0.2, 0) is 4.74 Å². The van der Waals surface area contributed by atoms with Crippen LogP contribution in [0.25, 0.3) is 0 Å². The molecule has 18 heavy (non-hydrogen) atoms. The van der Waals surface area contributed by atoms with Crippen molar-refractivity contribution in [2.75, 3.05) is 24.9 Å². The number of amides is 1. The maximum atomic E-state index is 11.8. The highest BCUT2D eigenvalue weighted by molar-refractivity contribution is 7.98. The molecule has 0 aromatic heterocycles. The van der Waals surface area contributed by atoms with Crippen molar-refractivity contribution < 1.29 is 14.3 Å². The van der Waals surface area contributed by atoms with E-state index in [2.05, 4.69) is 6.26 Å². The number of carbonyl (C=O) groups excluding carboxylic acids is 1. The summed E-state index contributed by atoms with van der Waals surface area (Å²) in [6, 6.07) is 6.00. The second-order valence-corrected chi connectivity index (χ2v) is 5.49. The zero-order chi connectivity index (χ0) is 12.7. The van der Waals surface area contributed by atoms with Gasteiger partial charge in [-0.2, -0.15) is 11.8 Å². The van der Waals surface area contributed by atoms with Crippen LogP contribution in [0.15, 0.2) is 18.2 Å². The van der Waals surface area contributed by atoms with Crippen molar-refractivity contribution in [3.05, 3.63) is 23.8 Å². The maximum absolute atomic E-state index is 11.8. The molecule has 2 atom stereocenters. The number of rotatable bonds is 2. The van der Waals surface area contributed by atoms with Gasteiger partial charge in [0, 0.05) is 10.8 Å². The third-order valence-corrected chi connectivity index (χ3v) is 4.57. The van der Waals surface area contributed by atoms with Gasteiger partial charge in [0.25, 0.3) is 0 Å². The average molecular weight is 265 g/mol. The van der Waals surface area contributed by atoms with Gasteiger partial charge < -0.3 is 9.47 Å². The monoisotopic (exact) mass is 265 g/mol. The quantitative estimate of drug-likeness (QED) is 0.824. The van der Waals surface area contributed by atoms with E-state index in [1.165, 1.54) is 0 Å². The van der Waals surface area contributed by atoms with Crippen LogP contribution < -0.4 is 9.64 Å². The van der Waals surface area contributed by atoms with Crippen LogP contribution in [0.1, 0.15) is 17.2 Å². The third-order valence-electron chi connectivity index (χ3n) is 3.58. The molecule has 3 rings (SSSR count). The summed E-state index contributed by atoms with van der Waals surface area (Å²) in [4.78, 5) is 13.6. The predicted octanol–water partition coefficient (Wildman–Crippen LogP) is 2.83. The molecule has 2 aliphatic rings. The fraction of sp³-hybridized carbons (Fsp3) is 0.462. The Morgan fingerprint density at radius 2 is 2.33 bits per heavy atom. The predicted molar refractivity (Wildman–Crippen MR) is 71.5 cm³/mol. The van der Waals surface area contributed by atoms with Crippen LogP contribution in [0.5, 0.6) is 5.75 Å². The van der Waals surface area contributed by atoms with Crippen molar-refractivity contribution in [3.8, 4) is 5.75 Å². The lowest BCUT2D eigenvalue weighted by Gasteiger charge is -2.34. The van der Waals surface area contributed by atoms with Crippen molar-refractivity contribution >= 4 is 23.5 Å².